The molecule has 0 spiro atoms. The Hall–Kier alpha value is -2.16. The largest absolute Gasteiger partial charge is 0.497 e. The summed E-state index contributed by atoms with van der Waals surface area (Å²) < 4.78 is 9.95. The Morgan fingerprint density at radius 3 is 2.42 bits per heavy atom. The number of benzene rings is 1. The van der Waals surface area contributed by atoms with E-state index in [1.54, 1.807) is 7.11 Å². The van der Waals surface area contributed by atoms with Crippen LogP contribution in [0.5, 0.6) is 5.75 Å². The fourth-order valence-electron chi connectivity index (χ4n) is 1.98. The summed E-state index contributed by atoms with van der Waals surface area (Å²) in [5, 5.41) is 9.48. The van der Waals surface area contributed by atoms with Crippen molar-refractivity contribution < 1.29 is 14.6 Å². The van der Waals surface area contributed by atoms with Gasteiger partial charge in [0.2, 0.25) is 0 Å². The van der Waals surface area contributed by atoms with E-state index in [9.17, 15) is 5.11 Å². The maximum absolute atomic E-state index is 9.48. The van der Waals surface area contributed by atoms with Gasteiger partial charge in [-0.05, 0) is 36.1 Å². The number of methoxy groups -OCH3 is 2. The third-order valence-corrected chi connectivity index (χ3v) is 3.12. The number of rotatable bonds is 4. The molecular formula is C16H18O3. The van der Waals surface area contributed by atoms with Gasteiger partial charge in [-0.1, -0.05) is 30.4 Å². The van der Waals surface area contributed by atoms with Crippen molar-refractivity contribution in [2.24, 2.45) is 0 Å². The lowest BCUT2D eigenvalue weighted by Gasteiger charge is -2.11. The molecule has 2 rings (SSSR count). The molecule has 0 bridgehead atoms. The molecule has 0 radical (unpaired) electrons. The highest BCUT2D eigenvalue weighted by molar-refractivity contribution is 5.39. The summed E-state index contributed by atoms with van der Waals surface area (Å²) in [5.41, 5.74) is 3.28. The Kier molecular flexibility index (Phi) is 4.29. The highest BCUT2D eigenvalue weighted by Gasteiger charge is 2.07. The van der Waals surface area contributed by atoms with Crippen LogP contribution in [0.3, 0.4) is 0 Å². The molecule has 0 fully saturated rings. The molecule has 0 heterocycles. The lowest BCUT2D eigenvalue weighted by atomic mass is 9.97. The van der Waals surface area contributed by atoms with Gasteiger partial charge in [0, 0.05) is 5.57 Å². The van der Waals surface area contributed by atoms with Crippen LogP contribution in [0.25, 0.3) is 0 Å². The topological polar surface area (TPSA) is 38.7 Å². The number of hydrogen-bond donors (Lipinski definition) is 1. The van der Waals surface area contributed by atoms with Gasteiger partial charge in [0.1, 0.15) is 5.75 Å². The Morgan fingerprint density at radius 2 is 1.89 bits per heavy atom. The van der Waals surface area contributed by atoms with Gasteiger partial charge in [-0.25, -0.2) is 0 Å². The number of aliphatic hydroxyl groups is 1. The number of ether oxygens (including phenoxy) is 2. The van der Waals surface area contributed by atoms with Gasteiger partial charge in [0.05, 0.1) is 14.2 Å². The van der Waals surface area contributed by atoms with E-state index in [0.717, 1.165) is 17.7 Å². The SMILES string of the molecule is COC(O)=C1C=CC(Cc2ccc(OC)cc2)=CC1. The van der Waals surface area contributed by atoms with Crippen LogP contribution in [0.1, 0.15) is 12.0 Å². The third kappa shape index (κ3) is 3.41. The van der Waals surface area contributed by atoms with Gasteiger partial charge < -0.3 is 14.6 Å². The molecule has 0 unspecified atom stereocenters. The molecule has 0 saturated carbocycles. The van der Waals surface area contributed by atoms with E-state index in [2.05, 4.69) is 18.2 Å². The monoisotopic (exact) mass is 258 g/mol. The summed E-state index contributed by atoms with van der Waals surface area (Å²) in [4.78, 5) is 0. The van der Waals surface area contributed by atoms with Crippen molar-refractivity contribution in [1.29, 1.82) is 0 Å². The van der Waals surface area contributed by atoms with Gasteiger partial charge in [0.25, 0.3) is 5.95 Å². The van der Waals surface area contributed by atoms with Crippen LogP contribution in [-0.4, -0.2) is 19.3 Å². The summed E-state index contributed by atoms with van der Waals surface area (Å²) in [6.07, 6.45) is 7.59. The molecule has 0 amide bonds. The van der Waals surface area contributed by atoms with Gasteiger partial charge >= 0.3 is 0 Å². The van der Waals surface area contributed by atoms with Crippen molar-refractivity contribution in [2.45, 2.75) is 12.8 Å². The van der Waals surface area contributed by atoms with Crippen LogP contribution in [0.4, 0.5) is 0 Å². The summed E-state index contributed by atoms with van der Waals surface area (Å²) in [6, 6.07) is 8.05. The smallest absolute Gasteiger partial charge is 0.279 e. The minimum Gasteiger partial charge on any atom is -0.497 e. The predicted octanol–water partition coefficient (Wildman–Crippen LogP) is 3.54. The molecule has 1 aliphatic carbocycles. The van der Waals surface area contributed by atoms with E-state index in [1.165, 1.54) is 18.2 Å². The molecule has 0 saturated heterocycles. The number of allylic oxidation sites excluding steroid dienone is 5. The lowest BCUT2D eigenvalue weighted by molar-refractivity contribution is 0.132. The van der Waals surface area contributed by atoms with E-state index < -0.39 is 0 Å². The molecule has 0 aliphatic heterocycles. The second-order valence-corrected chi connectivity index (χ2v) is 4.38. The molecule has 1 aromatic rings. The zero-order chi connectivity index (χ0) is 13.7. The van der Waals surface area contributed by atoms with E-state index in [-0.39, 0.29) is 5.95 Å². The number of hydrogen-bond acceptors (Lipinski definition) is 3. The Bertz CT molecular complexity index is 521. The molecule has 19 heavy (non-hydrogen) atoms. The van der Waals surface area contributed by atoms with Gasteiger partial charge in [-0.15, -0.1) is 0 Å². The first-order valence-corrected chi connectivity index (χ1v) is 6.19. The Morgan fingerprint density at radius 1 is 1.16 bits per heavy atom. The van der Waals surface area contributed by atoms with Gasteiger partial charge in [-0.3, -0.25) is 0 Å². The van der Waals surface area contributed by atoms with Gasteiger partial charge in [0.15, 0.2) is 0 Å². The summed E-state index contributed by atoms with van der Waals surface area (Å²) in [7, 11) is 3.13. The van der Waals surface area contributed by atoms with Crippen molar-refractivity contribution in [3.63, 3.8) is 0 Å². The van der Waals surface area contributed by atoms with Crippen LogP contribution in [0, 0.1) is 0 Å². The van der Waals surface area contributed by atoms with Crippen LogP contribution in [0.15, 0.2) is 59.6 Å². The first-order valence-electron chi connectivity index (χ1n) is 6.19. The highest BCUT2D eigenvalue weighted by atomic mass is 16.6. The molecule has 0 aromatic heterocycles. The Balaban J connectivity index is 2.02. The molecule has 3 heteroatoms. The standard InChI is InChI=1S/C16H18O3/c1-18-15-9-5-13(6-10-15)11-12-3-7-14(8-4-12)16(17)19-2/h3-7,9-10,17H,8,11H2,1-2H3. The molecule has 100 valence electrons. The van der Waals surface area contributed by atoms with E-state index in [1.807, 2.05) is 24.3 Å². The molecular weight excluding hydrogens is 240 g/mol. The van der Waals surface area contributed by atoms with E-state index in [0.29, 0.717) is 6.42 Å². The number of aliphatic hydroxyl groups excluding tert-OH is 1. The molecule has 3 nitrogen and oxygen atoms in total. The average molecular weight is 258 g/mol. The summed E-state index contributed by atoms with van der Waals surface area (Å²) >= 11 is 0. The van der Waals surface area contributed by atoms with Crippen molar-refractivity contribution in [3.05, 3.63) is 65.1 Å². The van der Waals surface area contributed by atoms with Crippen LogP contribution >= 0.6 is 0 Å². The highest BCUT2D eigenvalue weighted by Crippen LogP contribution is 2.22. The fourth-order valence-corrected chi connectivity index (χ4v) is 1.98. The molecule has 1 N–H and O–H groups in total. The zero-order valence-electron chi connectivity index (χ0n) is 11.2. The average Bonchev–Trinajstić information content (AvgIpc) is 2.48. The Labute approximate surface area is 113 Å². The molecule has 1 aromatic carbocycles. The summed E-state index contributed by atoms with van der Waals surface area (Å²) in [5.74, 6) is 0.864. The second-order valence-electron chi connectivity index (χ2n) is 4.38. The zero-order valence-corrected chi connectivity index (χ0v) is 11.2. The molecule has 1 aliphatic rings. The van der Waals surface area contributed by atoms with Crippen molar-refractivity contribution in [2.75, 3.05) is 14.2 Å². The third-order valence-electron chi connectivity index (χ3n) is 3.12. The first kappa shape index (κ1) is 13.3. The normalized spacial score (nSPS) is 16.8. The quantitative estimate of drug-likeness (QED) is 0.839. The molecule has 0 atom stereocenters. The minimum absolute atomic E-state index is 0.00371. The van der Waals surface area contributed by atoms with E-state index >= 15 is 0 Å². The van der Waals surface area contributed by atoms with Crippen molar-refractivity contribution >= 4 is 0 Å². The summed E-state index contributed by atoms with van der Waals surface area (Å²) in [6.45, 7) is 0. The minimum atomic E-state index is -0.00371. The van der Waals surface area contributed by atoms with Crippen molar-refractivity contribution in [1.82, 2.24) is 0 Å². The van der Waals surface area contributed by atoms with Crippen molar-refractivity contribution in [3.8, 4) is 5.75 Å². The second kappa shape index (κ2) is 6.14. The van der Waals surface area contributed by atoms with Crippen LogP contribution < -0.4 is 4.74 Å². The lowest BCUT2D eigenvalue weighted by Crippen LogP contribution is -1.97. The fraction of sp³-hybridized carbons (Fsp3) is 0.250. The predicted molar refractivity (Wildman–Crippen MR) is 75.2 cm³/mol. The maximum atomic E-state index is 9.48. The first-order chi connectivity index (χ1) is 9.22. The van der Waals surface area contributed by atoms with Crippen LogP contribution in [0.2, 0.25) is 0 Å². The van der Waals surface area contributed by atoms with E-state index in [4.69, 9.17) is 9.47 Å². The van der Waals surface area contributed by atoms with Crippen LogP contribution in [-0.2, 0) is 11.2 Å². The maximum Gasteiger partial charge on any atom is 0.279 e. The van der Waals surface area contributed by atoms with Gasteiger partial charge in [-0.2, -0.15) is 0 Å².